The summed E-state index contributed by atoms with van der Waals surface area (Å²) in [5.74, 6) is -1.37. The van der Waals surface area contributed by atoms with Crippen molar-refractivity contribution in [2.75, 3.05) is 12.4 Å². The van der Waals surface area contributed by atoms with Gasteiger partial charge in [-0.05, 0) is 12.1 Å². The molecule has 2 atom stereocenters. The van der Waals surface area contributed by atoms with Crippen LogP contribution in [0.3, 0.4) is 0 Å². The van der Waals surface area contributed by atoms with Crippen molar-refractivity contribution in [3.05, 3.63) is 41.1 Å². The number of para-hydroxylation sites is 1. The number of amides is 2. The Morgan fingerprint density at radius 3 is 2.75 bits per heavy atom. The molecule has 0 spiro atoms. The molecule has 0 saturated carbocycles. The van der Waals surface area contributed by atoms with Gasteiger partial charge in [0.25, 0.3) is 11.8 Å². The van der Waals surface area contributed by atoms with E-state index in [0.29, 0.717) is 5.75 Å². The van der Waals surface area contributed by atoms with Gasteiger partial charge in [-0.2, -0.15) is 0 Å². The van der Waals surface area contributed by atoms with Crippen LogP contribution in [0.25, 0.3) is 0 Å². The molecule has 24 heavy (non-hydrogen) atoms. The van der Waals surface area contributed by atoms with Crippen LogP contribution in [0, 0.1) is 0 Å². The summed E-state index contributed by atoms with van der Waals surface area (Å²) in [7, 11) is 0. The van der Waals surface area contributed by atoms with Gasteiger partial charge in [0.2, 0.25) is 0 Å². The molecule has 0 aromatic heterocycles. The Labute approximate surface area is 146 Å². The zero-order valence-corrected chi connectivity index (χ0v) is 13.8. The summed E-state index contributed by atoms with van der Waals surface area (Å²) in [5.41, 5.74) is -0.212. The number of carbonyl (C=O) groups excluding carboxylic acids is 2. The molecule has 7 nitrogen and oxygen atoms in total. The quantitative estimate of drug-likeness (QED) is 0.753. The molecule has 1 aromatic rings. The summed E-state index contributed by atoms with van der Waals surface area (Å²) in [6.45, 7) is -0.229. The lowest BCUT2D eigenvalue weighted by Crippen LogP contribution is -2.70. The second-order valence-corrected chi connectivity index (χ2v) is 6.68. The van der Waals surface area contributed by atoms with Crippen LogP contribution in [0.15, 0.2) is 41.1 Å². The van der Waals surface area contributed by atoms with Gasteiger partial charge in [0.15, 0.2) is 6.61 Å². The molecule has 0 bridgehead atoms. The minimum absolute atomic E-state index is 0.120. The Bertz CT molecular complexity index is 724. The van der Waals surface area contributed by atoms with Crippen LogP contribution >= 0.6 is 23.4 Å². The highest BCUT2D eigenvalue weighted by molar-refractivity contribution is 8.00. The van der Waals surface area contributed by atoms with E-state index in [1.165, 1.54) is 11.8 Å². The number of carbonyl (C=O) groups is 3. The largest absolute Gasteiger partial charge is 0.484 e. The first-order valence-electron chi connectivity index (χ1n) is 7.03. The van der Waals surface area contributed by atoms with Crippen molar-refractivity contribution < 1.29 is 24.2 Å². The molecule has 9 heteroatoms. The number of benzene rings is 1. The molecular formula is C15H13ClN2O5S. The van der Waals surface area contributed by atoms with E-state index in [2.05, 4.69) is 5.32 Å². The maximum Gasteiger partial charge on any atom is 0.353 e. The van der Waals surface area contributed by atoms with E-state index in [0.717, 1.165) is 4.90 Å². The number of halogens is 1. The number of carboxylic acid groups (broad SMARTS) is 1. The van der Waals surface area contributed by atoms with E-state index in [1.807, 2.05) is 6.07 Å². The van der Waals surface area contributed by atoms with E-state index < -0.39 is 29.2 Å². The van der Waals surface area contributed by atoms with Crippen molar-refractivity contribution in [2.24, 2.45) is 0 Å². The van der Waals surface area contributed by atoms with Crippen LogP contribution in [0.2, 0.25) is 0 Å². The standard InChI is InChI=1S/C15H13ClN2O5S/c16-9-7-24-14-11(13(20)18(14)12(9)15(21)22)17-10(19)6-23-8-4-2-1-3-5-8/h1-5,11,14H,6-7H2,(H,17,19)(H,21,22)/t11-,14-/m0/s1. The van der Waals surface area contributed by atoms with Crippen LogP contribution < -0.4 is 10.1 Å². The molecule has 2 aliphatic heterocycles. The Morgan fingerprint density at radius 1 is 1.38 bits per heavy atom. The smallest absolute Gasteiger partial charge is 0.353 e. The summed E-state index contributed by atoms with van der Waals surface area (Å²) in [6, 6.07) is 8.04. The number of nitrogens with zero attached hydrogens (tertiary/aromatic N) is 1. The zero-order valence-electron chi connectivity index (χ0n) is 12.3. The minimum atomic E-state index is -1.25. The first kappa shape index (κ1) is 16.7. The summed E-state index contributed by atoms with van der Waals surface area (Å²) >= 11 is 7.19. The normalized spacial score (nSPS) is 22.5. The van der Waals surface area contributed by atoms with Crippen molar-refractivity contribution in [2.45, 2.75) is 11.4 Å². The van der Waals surface area contributed by atoms with Crippen molar-refractivity contribution in [3.8, 4) is 5.75 Å². The number of rotatable bonds is 5. The average Bonchev–Trinajstić information content (AvgIpc) is 2.58. The molecule has 2 N–H and O–H groups in total. The number of β-lactam (4-membered cyclic amide) rings is 1. The van der Waals surface area contributed by atoms with E-state index >= 15 is 0 Å². The fourth-order valence-electron chi connectivity index (χ4n) is 2.46. The zero-order chi connectivity index (χ0) is 17.3. The molecule has 126 valence electrons. The van der Waals surface area contributed by atoms with Crippen molar-refractivity contribution in [1.29, 1.82) is 0 Å². The van der Waals surface area contributed by atoms with Gasteiger partial charge < -0.3 is 15.2 Å². The molecule has 1 saturated heterocycles. The SMILES string of the molecule is O=C(COc1ccccc1)N[C@H]1C(=O)N2C(C(=O)O)=C(Cl)CS[C@@H]12. The highest BCUT2D eigenvalue weighted by Gasteiger charge is 2.54. The van der Waals surface area contributed by atoms with Gasteiger partial charge in [-0.25, -0.2) is 4.79 Å². The van der Waals surface area contributed by atoms with Crippen LogP contribution in [-0.4, -0.2) is 51.6 Å². The predicted octanol–water partition coefficient (Wildman–Crippen LogP) is 1.00. The minimum Gasteiger partial charge on any atom is -0.484 e. The number of hydrogen-bond acceptors (Lipinski definition) is 5. The van der Waals surface area contributed by atoms with E-state index in [1.54, 1.807) is 24.3 Å². The third-order valence-electron chi connectivity index (χ3n) is 3.55. The number of hydrogen-bond donors (Lipinski definition) is 2. The Morgan fingerprint density at radius 2 is 2.08 bits per heavy atom. The lowest BCUT2D eigenvalue weighted by Gasteiger charge is -2.48. The molecule has 0 unspecified atom stereocenters. The van der Waals surface area contributed by atoms with Gasteiger partial charge in [0.1, 0.15) is 22.9 Å². The maximum atomic E-state index is 12.2. The van der Waals surface area contributed by atoms with E-state index in [4.69, 9.17) is 16.3 Å². The van der Waals surface area contributed by atoms with Gasteiger partial charge in [0.05, 0.1) is 5.03 Å². The second kappa shape index (κ2) is 6.74. The van der Waals surface area contributed by atoms with E-state index in [-0.39, 0.29) is 23.1 Å². The first-order chi connectivity index (χ1) is 11.5. The summed E-state index contributed by atoms with van der Waals surface area (Å²) in [5, 5.41) is 11.4. The topological polar surface area (TPSA) is 95.9 Å². The Balaban J connectivity index is 1.59. The first-order valence-corrected chi connectivity index (χ1v) is 8.45. The molecule has 2 aliphatic rings. The molecule has 0 radical (unpaired) electrons. The predicted molar refractivity (Wildman–Crippen MR) is 87.5 cm³/mol. The fourth-order valence-corrected chi connectivity index (χ4v) is 4.01. The van der Waals surface area contributed by atoms with Crippen molar-refractivity contribution in [3.63, 3.8) is 0 Å². The number of carboxylic acids is 1. The Kier molecular flexibility index (Phi) is 4.68. The molecule has 2 heterocycles. The van der Waals surface area contributed by atoms with Gasteiger partial charge in [-0.15, -0.1) is 11.8 Å². The lowest BCUT2D eigenvalue weighted by molar-refractivity contribution is -0.150. The van der Waals surface area contributed by atoms with Crippen LogP contribution in [-0.2, 0) is 14.4 Å². The third-order valence-corrected chi connectivity index (χ3v) is 5.30. The van der Waals surface area contributed by atoms with Crippen molar-refractivity contribution in [1.82, 2.24) is 10.2 Å². The molecule has 3 rings (SSSR count). The molecule has 1 fully saturated rings. The van der Waals surface area contributed by atoms with Gasteiger partial charge in [0, 0.05) is 5.75 Å². The second-order valence-electron chi connectivity index (χ2n) is 5.12. The van der Waals surface area contributed by atoms with Gasteiger partial charge >= 0.3 is 5.97 Å². The van der Waals surface area contributed by atoms with Gasteiger partial charge in [-0.1, -0.05) is 29.8 Å². The average molecular weight is 369 g/mol. The number of aliphatic carboxylic acids is 1. The Hall–Kier alpha value is -2.19. The maximum absolute atomic E-state index is 12.2. The summed E-state index contributed by atoms with van der Waals surface area (Å²) in [4.78, 5) is 36.5. The molecule has 2 amide bonds. The lowest BCUT2D eigenvalue weighted by atomic mass is 10.1. The van der Waals surface area contributed by atoms with Crippen LogP contribution in [0.1, 0.15) is 0 Å². The fraction of sp³-hybridized carbons (Fsp3) is 0.267. The summed E-state index contributed by atoms with van der Waals surface area (Å²) in [6.07, 6.45) is 0. The number of fused-ring (bicyclic) bond motifs is 1. The van der Waals surface area contributed by atoms with E-state index in [9.17, 15) is 19.5 Å². The number of nitrogens with one attached hydrogen (secondary N) is 1. The monoisotopic (exact) mass is 368 g/mol. The van der Waals surface area contributed by atoms with Crippen LogP contribution in [0.5, 0.6) is 5.75 Å². The van der Waals surface area contributed by atoms with Gasteiger partial charge in [-0.3, -0.25) is 14.5 Å². The highest BCUT2D eigenvalue weighted by Crippen LogP contribution is 2.41. The summed E-state index contributed by atoms with van der Waals surface area (Å²) < 4.78 is 5.32. The molecular weight excluding hydrogens is 356 g/mol. The third kappa shape index (κ3) is 3.07. The van der Waals surface area contributed by atoms with Crippen molar-refractivity contribution >= 4 is 41.1 Å². The molecule has 0 aliphatic carbocycles. The molecule has 1 aromatic carbocycles. The highest BCUT2D eigenvalue weighted by atomic mass is 35.5. The number of thioether (sulfide) groups is 1. The van der Waals surface area contributed by atoms with Crippen LogP contribution in [0.4, 0.5) is 0 Å². The number of ether oxygens (including phenoxy) is 1.